The molecule has 0 unspecified atom stereocenters. The van der Waals surface area contributed by atoms with E-state index in [9.17, 15) is 0 Å². The van der Waals surface area contributed by atoms with Crippen LogP contribution in [0.25, 0.3) is 21.9 Å². The van der Waals surface area contributed by atoms with E-state index in [2.05, 4.69) is 84.9 Å². The van der Waals surface area contributed by atoms with E-state index < -0.39 is 0 Å². The van der Waals surface area contributed by atoms with Gasteiger partial charge in [0.15, 0.2) is 0 Å². The summed E-state index contributed by atoms with van der Waals surface area (Å²) < 4.78 is 0. The molecule has 0 fully saturated rings. The molecule has 3 aromatic carbocycles. The van der Waals surface area contributed by atoms with Gasteiger partial charge in [-0.1, -0.05) is 84.9 Å². The molecule has 0 nitrogen and oxygen atoms in total. The maximum absolute atomic E-state index is 2.33. The maximum atomic E-state index is 2.33. The molecule has 0 heteroatoms. The Labute approximate surface area is 137 Å². The molecule has 0 aromatic heterocycles. The smallest absolute Gasteiger partial charge is 0.0103 e. The van der Waals surface area contributed by atoms with Crippen LogP contribution >= 0.6 is 0 Å². The summed E-state index contributed by atoms with van der Waals surface area (Å²) in [5, 5.41) is 2.65. The molecule has 23 heavy (non-hydrogen) atoms. The number of rotatable bonds is 2. The van der Waals surface area contributed by atoms with E-state index in [-0.39, 0.29) is 0 Å². The van der Waals surface area contributed by atoms with Crippen LogP contribution in [0.3, 0.4) is 0 Å². The van der Waals surface area contributed by atoms with E-state index in [0.717, 1.165) is 12.8 Å². The quantitative estimate of drug-likeness (QED) is 0.507. The Morgan fingerprint density at radius 2 is 1.48 bits per heavy atom. The lowest BCUT2D eigenvalue weighted by Gasteiger charge is -2.14. The van der Waals surface area contributed by atoms with Gasteiger partial charge in [0.05, 0.1) is 0 Å². The molecule has 0 saturated heterocycles. The van der Waals surface area contributed by atoms with Crippen LogP contribution < -0.4 is 0 Å². The van der Waals surface area contributed by atoms with Gasteiger partial charge in [-0.25, -0.2) is 0 Å². The van der Waals surface area contributed by atoms with Gasteiger partial charge in [0.2, 0.25) is 0 Å². The molecule has 0 N–H and O–H groups in total. The summed E-state index contributed by atoms with van der Waals surface area (Å²) in [7, 11) is 0. The minimum atomic E-state index is 1.13. The first-order valence-electron chi connectivity index (χ1n) is 8.37. The fraction of sp³-hybridized carbons (Fsp3) is 0.130. The molecule has 0 atom stereocenters. The second-order valence-electron chi connectivity index (χ2n) is 6.08. The highest BCUT2D eigenvalue weighted by Crippen LogP contribution is 2.36. The third kappa shape index (κ3) is 2.73. The van der Waals surface area contributed by atoms with Crippen molar-refractivity contribution in [1.29, 1.82) is 0 Å². The van der Waals surface area contributed by atoms with Gasteiger partial charge < -0.3 is 0 Å². The summed E-state index contributed by atoms with van der Waals surface area (Å²) in [4.78, 5) is 0. The van der Waals surface area contributed by atoms with Gasteiger partial charge in [-0.2, -0.15) is 0 Å². The predicted octanol–water partition coefficient (Wildman–Crippen LogP) is 6.49. The van der Waals surface area contributed by atoms with Crippen molar-refractivity contribution in [1.82, 2.24) is 0 Å². The van der Waals surface area contributed by atoms with E-state index in [0.29, 0.717) is 0 Å². The van der Waals surface area contributed by atoms with Crippen LogP contribution in [0.4, 0.5) is 0 Å². The summed E-state index contributed by atoms with van der Waals surface area (Å²) in [5.74, 6) is 0. The zero-order chi connectivity index (χ0) is 15.5. The van der Waals surface area contributed by atoms with Crippen LogP contribution in [-0.4, -0.2) is 0 Å². The summed E-state index contributed by atoms with van der Waals surface area (Å²) >= 11 is 0. The van der Waals surface area contributed by atoms with Crippen LogP contribution in [0.15, 0.2) is 84.9 Å². The van der Waals surface area contributed by atoms with Crippen molar-refractivity contribution >= 4 is 21.9 Å². The van der Waals surface area contributed by atoms with Gasteiger partial charge in [0.1, 0.15) is 0 Å². The molecular formula is C23H20. The predicted molar refractivity (Wildman–Crippen MR) is 100 cm³/mol. The van der Waals surface area contributed by atoms with Crippen molar-refractivity contribution in [2.24, 2.45) is 0 Å². The molecular weight excluding hydrogens is 276 g/mol. The third-order valence-electron chi connectivity index (χ3n) is 4.61. The summed E-state index contributed by atoms with van der Waals surface area (Å²) in [5.41, 5.74) is 5.54. The van der Waals surface area contributed by atoms with E-state index in [1.807, 2.05) is 0 Å². The van der Waals surface area contributed by atoms with Gasteiger partial charge in [0.25, 0.3) is 0 Å². The SMILES string of the molecule is C1=CC(c2cccc3ccccc23)=C(c2ccccc2)CCC1. The fourth-order valence-electron chi connectivity index (χ4n) is 3.48. The first kappa shape index (κ1) is 14.0. The second-order valence-corrected chi connectivity index (χ2v) is 6.08. The average Bonchev–Trinajstić information content (AvgIpc) is 2.88. The van der Waals surface area contributed by atoms with E-state index in [1.165, 1.54) is 39.5 Å². The first-order chi connectivity index (χ1) is 11.4. The molecule has 0 amide bonds. The number of benzene rings is 3. The Morgan fingerprint density at radius 1 is 0.696 bits per heavy atom. The van der Waals surface area contributed by atoms with Crippen LogP contribution in [-0.2, 0) is 0 Å². The van der Waals surface area contributed by atoms with Crippen molar-refractivity contribution in [2.75, 3.05) is 0 Å². The van der Waals surface area contributed by atoms with Crippen LogP contribution in [0.5, 0.6) is 0 Å². The minimum absolute atomic E-state index is 1.13. The summed E-state index contributed by atoms with van der Waals surface area (Å²) in [6.45, 7) is 0. The highest BCUT2D eigenvalue weighted by molar-refractivity contribution is 6.04. The van der Waals surface area contributed by atoms with Crippen LogP contribution in [0.1, 0.15) is 30.4 Å². The lowest BCUT2D eigenvalue weighted by molar-refractivity contribution is 0.886. The maximum Gasteiger partial charge on any atom is -0.0103 e. The molecule has 112 valence electrons. The van der Waals surface area contributed by atoms with Gasteiger partial charge in [-0.15, -0.1) is 0 Å². The van der Waals surface area contributed by atoms with Gasteiger partial charge in [-0.05, 0) is 52.3 Å². The molecule has 0 spiro atoms. The lowest BCUT2D eigenvalue weighted by atomic mass is 9.90. The van der Waals surface area contributed by atoms with Gasteiger partial charge in [-0.3, -0.25) is 0 Å². The second kappa shape index (κ2) is 6.26. The topological polar surface area (TPSA) is 0 Å². The third-order valence-corrected chi connectivity index (χ3v) is 4.61. The van der Waals surface area contributed by atoms with Crippen LogP contribution in [0, 0.1) is 0 Å². The normalized spacial score (nSPS) is 15.0. The Bertz CT molecular complexity index is 877. The average molecular weight is 296 g/mol. The molecule has 4 rings (SSSR count). The Hall–Kier alpha value is -2.60. The van der Waals surface area contributed by atoms with Crippen molar-refractivity contribution in [3.05, 3.63) is 96.1 Å². The Morgan fingerprint density at radius 3 is 2.39 bits per heavy atom. The minimum Gasteiger partial charge on any atom is -0.0839 e. The number of hydrogen-bond donors (Lipinski definition) is 0. The summed E-state index contributed by atoms with van der Waals surface area (Å²) in [6, 6.07) is 26.1. The van der Waals surface area contributed by atoms with Crippen molar-refractivity contribution in [3.63, 3.8) is 0 Å². The number of allylic oxidation sites excluding steroid dienone is 4. The fourth-order valence-corrected chi connectivity index (χ4v) is 3.48. The molecule has 1 aliphatic carbocycles. The van der Waals surface area contributed by atoms with Crippen molar-refractivity contribution in [3.8, 4) is 0 Å². The van der Waals surface area contributed by atoms with E-state index >= 15 is 0 Å². The molecule has 0 radical (unpaired) electrons. The van der Waals surface area contributed by atoms with Crippen molar-refractivity contribution < 1.29 is 0 Å². The largest absolute Gasteiger partial charge is 0.0839 e. The molecule has 0 bridgehead atoms. The zero-order valence-corrected chi connectivity index (χ0v) is 13.2. The first-order valence-corrected chi connectivity index (χ1v) is 8.37. The van der Waals surface area contributed by atoms with Crippen LogP contribution in [0.2, 0.25) is 0 Å². The molecule has 0 aliphatic heterocycles. The van der Waals surface area contributed by atoms with E-state index in [1.54, 1.807) is 0 Å². The number of fused-ring (bicyclic) bond motifs is 1. The molecule has 1 aliphatic rings. The standard InChI is InChI=1S/C23H20/c1-3-10-18(11-4-1)20-14-5-2-6-16-22(20)23-17-9-13-19-12-7-8-15-21(19)23/h1,3-4,6-13,15-17H,2,5,14H2. The zero-order valence-electron chi connectivity index (χ0n) is 13.2. The Kier molecular flexibility index (Phi) is 3.81. The molecule has 0 saturated carbocycles. The van der Waals surface area contributed by atoms with Gasteiger partial charge in [0, 0.05) is 0 Å². The molecule has 3 aromatic rings. The van der Waals surface area contributed by atoms with Crippen molar-refractivity contribution in [2.45, 2.75) is 19.3 Å². The van der Waals surface area contributed by atoms with E-state index in [4.69, 9.17) is 0 Å². The highest BCUT2D eigenvalue weighted by Gasteiger charge is 2.13. The Balaban J connectivity index is 1.99. The summed E-state index contributed by atoms with van der Waals surface area (Å²) in [6.07, 6.45) is 8.17. The van der Waals surface area contributed by atoms with Gasteiger partial charge >= 0.3 is 0 Å². The highest BCUT2D eigenvalue weighted by atomic mass is 14.2. The monoisotopic (exact) mass is 296 g/mol. The molecule has 0 heterocycles. The number of hydrogen-bond acceptors (Lipinski definition) is 0. The lowest BCUT2D eigenvalue weighted by Crippen LogP contribution is -1.91.